The Morgan fingerprint density at radius 3 is 2.09 bits per heavy atom. The minimum Gasteiger partial charge on any atom is -0.482 e. The van der Waals surface area contributed by atoms with Crippen molar-refractivity contribution in [3.8, 4) is 28.0 Å². The van der Waals surface area contributed by atoms with Crippen LogP contribution in [0.5, 0.6) is 5.75 Å². The fourth-order valence-corrected chi connectivity index (χ4v) is 4.46. The first-order valence-electron chi connectivity index (χ1n) is 11.1. The molecule has 5 rings (SSSR count). The SMILES string of the molecule is CC1(C)Oc2ccccc2-c2cc(-c3ccc(B4OC(C)(C)C(C)(C)O4)cc3F)ccc21. The molecule has 5 heteroatoms. The van der Waals surface area contributed by atoms with Crippen LogP contribution in [0.15, 0.2) is 60.7 Å². The second kappa shape index (κ2) is 6.93. The van der Waals surface area contributed by atoms with E-state index in [1.54, 1.807) is 0 Å². The average molecular weight is 430 g/mol. The van der Waals surface area contributed by atoms with E-state index in [2.05, 4.69) is 19.9 Å². The lowest BCUT2D eigenvalue weighted by Gasteiger charge is -2.35. The van der Waals surface area contributed by atoms with E-state index in [0.717, 1.165) is 28.0 Å². The Labute approximate surface area is 189 Å². The molecule has 0 saturated carbocycles. The zero-order valence-corrected chi connectivity index (χ0v) is 19.5. The van der Waals surface area contributed by atoms with Crippen molar-refractivity contribution in [1.29, 1.82) is 0 Å². The maximum atomic E-state index is 15.3. The molecule has 1 fully saturated rings. The molecule has 2 aliphatic heterocycles. The third kappa shape index (κ3) is 3.26. The number of benzene rings is 3. The highest BCUT2D eigenvalue weighted by Crippen LogP contribution is 2.46. The quantitative estimate of drug-likeness (QED) is 0.461. The Bertz CT molecular complexity index is 1200. The van der Waals surface area contributed by atoms with Crippen molar-refractivity contribution in [2.24, 2.45) is 0 Å². The summed E-state index contributed by atoms with van der Waals surface area (Å²) in [6.07, 6.45) is 0. The first-order chi connectivity index (χ1) is 15.0. The van der Waals surface area contributed by atoms with Crippen LogP contribution in [0, 0.1) is 5.82 Å². The first kappa shape index (κ1) is 21.2. The highest BCUT2D eigenvalue weighted by atomic mass is 19.1. The fraction of sp³-hybridized carbons (Fsp3) is 0.333. The van der Waals surface area contributed by atoms with Gasteiger partial charge in [0.15, 0.2) is 0 Å². The summed E-state index contributed by atoms with van der Waals surface area (Å²) in [5.74, 6) is 0.551. The van der Waals surface area contributed by atoms with Crippen LogP contribution < -0.4 is 10.2 Å². The van der Waals surface area contributed by atoms with Crippen LogP contribution >= 0.6 is 0 Å². The fourth-order valence-electron chi connectivity index (χ4n) is 4.46. The maximum Gasteiger partial charge on any atom is 0.494 e. The highest BCUT2D eigenvalue weighted by Gasteiger charge is 2.51. The van der Waals surface area contributed by atoms with Gasteiger partial charge in [0.05, 0.1) is 11.2 Å². The zero-order valence-electron chi connectivity index (χ0n) is 19.5. The second-order valence-corrected chi connectivity index (χ2v) is 10.2. The summed E-state index contributed by atoms with van der Waals surface area (Å²) in [5.41, 5.74) is 3.87. The molecule has 1 saturated heterocycles. The summed E-state index contributed by atoms with van der Waals surface area (Å²) in [5, 5.41) is 0. The smallest absolute Gasteiger partial charge is 0.482 e. The van der Waals surface area contributed by atoms with Crippen LogP contribution in [0.25, 0.3) is 22.3 Å². The number of hydrogen-bond acceptors (Lipinski definition) is 3. The van der Waals surface area contributed by atoms with Crippen molar-refractivity contribution in [3.63, 3.8) is 0 Å². The summed E-state index contributed by atoms with van der Waals surface area (Å²) in [7, 11) is -0.586. The van der Waals surface area contributed by atoms with Gasteiger partial charge in [-0.05, 0) is 76.3 Å². The molecular formula is C27H28BFO3. The van der Waals surface area contributed by atoms with Crippen LogP contribution in [-0.2, 0) is 14.9 Å². The molecule has 3 nitrogen and oxygen atoms in total. The summed E-state index contributed by atoms with van der Waals surface area (Å²) < 4.78 is 33.7. The summed E-state index contributed by atoms with van der Waals surface area (Å²) in [6.45, 7) is 12.1. The van der Waals surface area contributed by atoms with Crippen molar-refractivity contribution >= 4 is 12.6 Å². The van der Waals surface area contributed by atoms with Crippen LogP contribution in [0.1, 0.15) is 47.1 Å². The van der Waals surface area contributed by atoms with Gasteiger partial charge in [-0.15, -0.1) is 0 Å². The lowest BCUT2D eigenvalue weighted by molar-refractivity contribution is 0.00578. The molecule has 0 N–H and O–H groups in total. The van der Waals surface area contributed by atoms with Gasteiger partial charge in [-0.1, -0.05) is 42.5 Å². The molecule has 0 aliphatic carbocycles. The molecule has 3 aromatic carbocycles. The molecule has 0 radical (unpaired) electrons. The van der Waals surface area contributed by atoms with Gasteiger partial charge in [-0.3, -0.25) is 0 Å². The van der Waals surface area contributed by atoms with Gasteiger partial charge in [0.2, 0.25) is 0 Å². The van der Waals surface area contributed by atoms with E-state index in [9.17, 15) is 0 Å². The van der Waals surface area contributed by atoms with Crippen LogP contribution in [0.4, 0.5) is 4.39 Å². The predicted molar refractivity (Wildman–Crippen MR) is 127 cm³/mol. The predicted octanol–water partition coefficient (Wildman–Crippen LogP) is 6.09. The van der Waals surface area contributed by atoms with Gasteiger partial charge in [-0.25, -0.2) is 4.39 Å². The molecule has 2 heterocycles. The number of halogens is 1. The van der Waals surface area contributed by atoms with E-state index >= 15 is 4.39 Å². The van der Waals surface area contributed by atoms with E-state index in [-0.39, 0.29) is 5.82 Å². The Morgan fingerprint density at radius 1 is 0.719 bits per heavy atom. The minimum atomic E-state index is -0.586. The van der Waals surface area contributed by atoms with Crippen molar-refractivity contribution in [1.82, 2.24) is 0 Å². The third-order valence-electron chi connectivity index (χ3n) is 7.04. The molecule has 0 spiro atoms. The number of ether oxygens (including phenoxy) is 1. The number of para-hydroxylation sites is 1. The number of hydrogen-bond donors (Lipinski definition) is 0. The monoisotopic (exact) mass is 430 g/mol. The first-order valence-corrected chi connectivity index (χ1v) is 11.1. The largest absolute Gasteiger partial charge is 0.494 e. The Hall–Kier alpha value is -2.63. The molecule has 0 bridgehead atoms. The molecule has 0 amide bonds. The van der Waals surface area contributed by atoms with Gasteiger partial charge in [0.1, 0.15) is 17.2 Å². The molecule has 0 aromatic heterocycles. The van der Waals surface area contributed by atoms with E-state index in [1.807, 2.05) is 76.2 Å². The molecule has 164 valence electrons. The van der Waals surface area contributed by atoms with Gasteiger partial charge in [0, 0.05) is 16.7 Å². The minimum absolute atomic E-state index is 0.295. The molecule has 3 aromatic rings. The summed E-state index contributed by atoms with van der Waals surface area (Å²) in [4.78, 5) is 0. The highest BCUT2D eigenvalue weighted by molar-refractivity contribution is 6.62. The van der Waals surface area contributed by atoms with Crippen molar-refractivity contribution in [3.05, 3.63) is 72.0 Å². The van der Waals surface area contributed by atoms with Crippen molar-refractivity contribution < 1.29 is 18.4 Å². The van der Waals surface area contributed by atoms with Gasteiger partial charge >= 0.3 is 7.12 Å². The van der Waals surface area contributed by atoms with Gasteiger partial charge in [-0.2, -0.15) is 0 Å². The Morgan fingerprint density at radius 2 is 1.41 bits per heavy atom. The number of rotatable bonds is 2. The Balaban J connectivity index is 1.54. The third-order valence-corrected chi connectivity index (χ3v) is 7.04. The lowest BCUT2D eigenvalue weighted by atomic mass is 9.78. The second-order valence-electron chi connectivity index (χ2n) is 10.2. The zero-order chi connectivity index (χ0) is 22.9. The molecule has 2 aliphatic rings. The van der Waals surface area contributed by atoms with Crippen molar-refractivity contribution in [2.45, 2.75) is 58.3 Å². The van der Waals surface area contributed by atoms with Crippen LogP contribution in [0.3, 0.4) is 0 Å². The van der Waals surface area contributed by atoms with E-state index in [0.29, 0.717) is 11.0 Å². The number of fused-ring (bicyclic) bond motifs is 3. The molecule has 32 heavy (non-hydrogen) atoms. The average Bonchev–Trinajstić information content (AvgIpc) is 2.94. The topological polar surface area (TPSA) is 27.7 Å². The van der Waals surface area contributed by atoms with Crippen LogP contribution in [0.2, 0.25) is 0 Å². The summed E-state index contributed by atoms with van der Waals surface area (Å²) >= 11 is 0. The maximum absolute atomic E-state index is 15.3. The molecule has 0 atom stereocenters. The van der Waals surface area contributed by atoms with Crippen molar-refractivity contribution in [2.75, 3.05) is 0 Å². The van der Waals surface area contributed by atoms with Gasteiger partial charge < -0.3 is 14.0 Å². The van der Waals surface area contributed by atoms with E-state index in [1.165, 1.54) is 6.07 Å². The van der Waals surface area contributed by atoms with E-state index in [4.69, 9.17) is 14.0 Å². The molecular weight excluding hydrogens is 402 g/mol. The molecule has 0 unspecified atom stereocenters. The lowest BCUT2D eigenvalue weighted by Crippen LogP contribution is -2.41. The van der Waals surface area contributed by atoms with E-state index < -0.39 is 23.9 Å². The summed E-state index contributed by atoms with van der Waals surface area (Å²) in [6, 6.07) is 19.3. The van der Waals surface area contributed by atoms with Crippen LogP contribution in [-0.4, -0.2) is 18.3 Å². The normalized spacial score (nSPS) is 19.8. The Kier molecular flexibility index (Phi) is 4.60. The van der Waals surface area contributed by atoms with Gasteiger partial charge in [0.25, 0.3) is 0 Å². The standard InChI is InChI=1S/C27H28BFO3/c1-25(2)22-14-11-17(15-21(22)20-9-7-8-10-24(20)30-25)19-13-12-18(16-23(19)29)28-31-26(3,4)27(5,6)32-28/h7-16H,1-6H3.